The molecule has 0 fully saturated rings. The predicted molar refractivity (Wildman–Crippen MR) is 79.4 cm³/mol. The number of para-hydroxylation sites is 1. The minimum absolute atomic E-state index is 0.117. The zero-order valence-corrected chi connectivity index (χ0v) is 11.3. The molecule has 0 aliphatic carbocycles. The van der Waals surface area contributed by atoms with E-state index in [0.717, 1.165) is 16.8 Å². The van der Waals surface area contributed by atoms with Gasteiger partial charge in [0.15, 0.2) is 6.19 Å². The molecule has 0 heterocycles. The Morgan fingerprint density at radius 2 is 1.85 bits per heavy atom. The van der Waals surface area contributed by atoms with Gasteiger partial charge in [-0.15, -0.1) is 0 Å². The van der Waals surface area contributed by atoms with Crippen molar-refractivity contribution in [2.75, 3.05) is 0 Å². The Labute approximate surface area is 121 Å². The predicted octanol–water partition coefficient (Wildman–Crippen LogP) is 2.79. The molecule has 0 bridgehead atoms. The maximum Gasteiger partial charge on any atom is 0.309 e. The number of benzene rings is 2. The van der Waals surface area contributed by atoms with Crippen LogP contribution in [-0.4, -0.2) is 6.02 Å². The minimum Gasteiger partial charge on any atom is -0.425 e. The first-order chi connectivity index (χ1) is 9.81. The summed E-state index contributed by atoms with van der Waals surface area (Å²) in [5.41, 5.74) is 0.663. The first kappa shape index (κ1) is 13.9. The van der Waals surface area contributed by atoms with E-state index in [0.29, 0.717) is 11.4 Å². The second kappa shape index (κ2) is 7.19. The third-order valence-electron chi connectivity index (χ3n) is 2.32. The molecule has 0 aromatic heterocycles. The van der Waals surface area contributed by atoms with Crippen molar-refractivity contribution in [3.8, 4) is 11.9 Å². The maximum atomic E-state index is 8.73. The highest BCUT2D eigenvalue weighted by Crippen LogP contribution is 2.18. The molecule has 0 aliphatic rings. The fourth-order valence-corrected chi connectivity index (χ4v) is 1.73. The van der Waals surface area contributed by atoms with Crippen molar-refractivity contribution < 1.29 is 4.74 Å². The van der Waals surface area contributed by atoms with E-state index in [-0.39, 0.29) is 6.02 Å². The number of hydrogen-bond donors (Lipinski definition) is 2. The van der Waals surface area contributed by atoms with Crippen LogP contribution in [0.2, 0.25) is 0 Å². The number of nitrogens with two attached hydrogens (primary N) is 1. The molecule has 0 amide bonds. The molecule has 20 heavy (non-hydrogen) atoms. The third kappa shape index (κ3) is 4.02. The largest absolute Gasteiger partial charge is 0.425 e. The number of nitrogens with zero attached hydrogens (tertiary/aromatic N) is 2. The van der Waals surface area contributed by atoms with E-state index >= 15 is 0 Å². The molecule has 0 atom stereocenters. The molecule has 0 aliphatic heterocycles. The molecule has 2 aromatic rings. The Kier molecular flexibility index (Phi) is 5.00. The summed E-state index contributed by atoms with van der Waals surface area (Å²) >= 11 is 1.16. The summed E-state index contributed by atoms with van der Waals surface area (Å²) in [4.78, 5) is 5.16. The summed E-state index contributed by atoms with van der Waals surface area (Å²) < 4.78 is 5.50. The lowest BCUT2D eigenvalue weighted by molar-refractivity contribution is 0.531. The summed E-state index contributed by atoms with van der Waals surface area (Å²) in [6.45, 7) is 0. The fraction of sp³-hybridized carbons (Fsp3) is 0. The molecule has 5 nitrogen and oxygen atoms in total. The number of rotatable bonds is 3. The molecule has 2 rings (SSSR count). The zero-order chi connectivity index (χ0) is 14.2. The molecule has 0 saturated carbocycles. The molecular weight excluding hydrogens is 272 g/mol. The lowest BCUT2D eigenvalue weighted by Crippen LogP contribution is -2.23. The van der Waals surface area contributed by atoms with Crippen LogP contribution in [0.3, 0.4) is 0 Å². The van der Waals surface area contributed by atoms with Gasteiger partial charge in [-0.05, 0) is 48.3 Å². The van der Waals surface area contributed by atoms with Crippen molar-refractivity contribution in [2.45, 2.75) is 4.90 Å². The van der Waals surface area contributed by atoms with Crippen molar-refractivity contribution in [2.24, 2.45) is 10.1 Å². The van der Waals surface area contributed by atoms with Crippen LogP contribution in [-0.2, 0) is 0 Å². The quantitative estimate of drug-likeness (QED) is 0.298. The molecule has 2 aromatic carbocycles. The summed E-state index contributed by atoms with van der Waals surface area (Å²) in [7, 11) is 0. The van der Waals surface area contributed by atoms with E-state index in [1.165, 1.54) is 0 Å². The monoisotopic (exact) mass is 284 g/mol. The van der Waals surface area contributed by atoms with Crippen molar-refractivity contribution >= 4 is 23.7 Å². The Bertz CT molecular complexity index is 620. The summed E-state index contributed by atoms with van der Waals surface area (Å²) in [6.07, 6.45) is 1.80. The van der Waals surface area contributed by atoms with E-state index in [2.05, 4.69) is 10.3 Å². The SMILES string of the molecule is N#CNC(=Nc1ccc(SN)cc1)Oc1ccccc1. The van der Waals surface area contributed by atoms with Crippen LogP contribution < -0.4 is 15.2 Å². The lowest BCUT2D eigenvalue weighted by Gasteiger charge is -2.06. The van der Waals surface area contributed by atoms with Gasteiger partial charge in [-0.3, -0.25) is 5.14 Å². The van der Waals surface area contributed by atoms with Crippen molar-refractivity contribution in [3.63, 3.8) is 0 Å². The van der Waals surface area contributed by atoms with Crippen molar-refractivity contribution in [1.29, 1.82) is 5.26 Å². The second-order valence-electron chi connectivity index (χ2n) is 3.68. The fourth-order valence-electron chi connectivity index (χ4n) is 1.44. The van der Waals surface area contributed by atoms with E-state index in [9.17, 15) is 0 Å². The summed E-state index contributed by atoms with van der Waals surface area (Å²) in [6, 6.07) is 16.5. The Morgan fingerprint density at radius 3 is 2.45 bits per heavy atom. The Hall–Kier alpha value is -2.49. The van der Waals surface area contributed by atoms with Gasteiger partial charge in [0.1, 0.15) is 5.75 Å². The van der Waals surface area contributed by atoms with Gasteiger partial charge in [-0.25, -0.2) is 5.32 Å². The van der Waals surface area contributed by atoms with Crippen LogP contribution in [0.1, 0.15) is 0 Å². The topological polar surface area (TPSA) is 83.4 Å². The Balaban J connectivity index is 2.18. The van der Waals surface area contributed by atoms with E-state index < -0.39 is 0 Å². The molecular formula is C14H12N4OS. The van der Waals surface area contributed by atoms with Gasteiger partial charge in [0.2, 0.25) is 0 Å². The van der Waals surface area contributed by atoms with Crippen LogP contribution in [0.4, 0.5) is 5.69 Å². The van der Waals surface area contributed by atoms with Gasteiger partial charge in [0, 0.05) is 4.90 Å². The van der Waals surface area contributed by atoms with Gasteiger partial charge in [-0.2, -0.15) is 10.3 Å². The van der Waals surface area contributed by atoms with Gasteiger partial charge in [0.05, 0.1) is 5.69 Å². The first-order valence-electron chi connectivity index (χ1n) is 5.75. The van der Waals surface area contributed by atoms with Crippen LogP contribution in [0, 0.1) is 11.5 Å². The highest BCUT2D eigenvalue weighted by Gasteiger charge is 2.02. The van der Waals surface area contributed by atoms with Gasteiger partial charge in [-0.1, -0.05) is 18.2 Å². The molecule has 100 valence electrons. The molecule has 0 radical (unpaired) electrons. The number of aliphatic imine (C=N–C) groups is 1. The van der Waals surface area contributed by atoms with Crippen LogP contribution in [0.25, 0.3) is 0 Å². The van der Waals surface area contributed by atoms with Gasteiger partial charge < -0.3 is 4.74 Å². The normalized spacial score (nSPS) is 10.7. The molecule has 0 saturated heterocycles. The second-order valence-corrected chi connectivity index (χ2v) is 4.39. The zero-order valence-electron chi connectivity index (χ0n) is 10.5. The van der Waals surface area contributed by atoms with Crippen LogP contribution in [0.15, 0.2) is 64.5 Å². The molecule has 0 unspecified atom stereocenters. The number of ether oxygens (including phenoxy) is 1. The number of amidine groups is 1. The van der Waals surface area contributed by atoms with E-state index in [1.54, 1.807) is 30.5 Å². The smallest absolute Gasteiger partial charge is 0.309 e. The standard InChI is InChI=1S/C14H12N4OS/c15-10-17-14(19-12-4-2-1-3-5-12)18-11-6-8-13(20-16)9-7-11/h1-9H,16H2,(H,17,18). The lowest BCUT2D eigenvalue weighted by atomic mass is 10.3. The summed E-state index contributed by atoms with van der Waals surface area (Å²) in [5.74, 6) is 0.600. The molecule has 0 spiro atoms. The average molecular weight is 284 g/mol. The van der Waals surface area contributed by atoms with Crippen molar-refractivity contribution in [1.82, 2.24) is 5.32 Å². The number of hydrogen-bond acceptors (Lipinski definition) is 5. The average Bonchev–Trinajstić information content (AvgIpc) is 2.49. The molecule has 6 heteroatoms. The number of nitrogens with one attached hydrogen (secondary N) is 1. The number of nitriles is 1. The highest BCUT2D eigenvalue weighted by molar-refractivity contribution is 7.97. The summed E-state index contributed by atoms with van der Waals surface area (Å²) in [5, 5.41) is 16.6. The first-order valence-corrected chi connectivity index (χ1v) is 6.63. The van der Waals surface area contributed by atoms with E-state index in [4.69, 9.17) is 15.1 Å². The third-order valence-corrected chi connectivity index (χ3v) is 2.87. The van der Waals surface area contributed by atoms with Gasteiger partial charge >= 0.3 is 6.02 Å². The van der Waals surface area contributed by atoms with E-state index in [1.807, 2.05) is 30.3 Å². The Morgan fingerprint density at radius 1 is 1.15 bits per heavy atom. The highest BCUT2D eigenvalue weighted by atomic mass is 32.2. The minimum atomic E-state index is 0.117. The van der Waals surface area contributed by atoms with Gasteiger partial charge in [0.25, 0.3) is 0 Å². The van der Waals surface area contributed by atoms with Crippen LogP contribution >= 0.6 is 11.9 Å². The van der Waals surface area contributed by atoms with Crippen LogP contribution in [0.5, 0.6) is 5.75 Å². The van der Waals surface area contributed by atoms with Crippen molar-refractivity contribution in [3.05, 3.63) is 54.6 Å². The maximum absolute atomic E-state index is 8.73. The molecule has 3 N–H and O–H groups in total.